The Morgan fingerprint density at radius 3 is 2.75 bits per heavy atom. The highest BCUT2D eigenvalue weighted by molar-refractivity contribution is 5.78. The average molecular weight is 273 g/mol. The molecule has 2 rings (SSSR count). The summed E-state index contributed by atoms with van der Waals surface area (Å²) in [5, 5.41) is 2.75. The number of hydrogen-bond donors (Lipinski definition) is 2. The quantitative estimate of drug-likeness (QED) is 0.897. The van der Waals surface area contributed by atoms with Crippen LogP contribution in [0.3, 0.4) is 0 Å². The molecule has 1 aromatic heterocycles. The second-order valence-electron chi connectivity index (χ2n) is 4.57. The number of pyridine rings is 1. The summed E-state index contributed by atoms with van der Waals surface area (Å²) in [6.07, 6.45) is 1.64. The minimum atomic E-state index is -0.391. The molecule has 1 heterocycles. The standard InChI is InChI=1S/C15H16FN3O/c1-10(13-4-2-3-5-14(13)16)19-15(20)8-12-7-6-11(17)9-18-12/h2-7,9-10H,8,17H2,1H3,(H,19,20). The van der Waals surface area contributed by atoms with Gasteiger partial charge in [0.2, 0.25) is 5.91 Å². The highest BCUT2D eigenvalue weighted by Crippen LogP contribution is 2.16. The van der Waals surface area contributed by atoms with Gasteiger partial charge in [0.05, 0.1) is 24.3 Å². The van der Waals surface area contributed by atoms with Crippen molar-refractivity contribution in [3.8, 4) is 0 Å². The third-order valence-electron chi connectivity index (χ3n) is 2.94. The van der Waals surface area contributed by atoms with Crippen LogP contribution in [0.2, 0.25) is 0 Å². The Morgan fingerprint density at radius 2 is 2.10 bits per heavy atom. The molecule has 0 radical (unpaired) electrons. The fourth-order valence-electron chi connectivity index (χ4n) is 1.90. The van der Waals surface area contributed by atoms with E-state index in [9.17, 15) is 9.18 Å². The Balaban J connectivity index is 1.98. The lowest BCUT2D eigenvalue weighted by Gasteiger charge is -2.14. The van der Waals surface area contributed by atoms with E-state index in [-0.39, 0.29) is 18.1 Å². The predicted octanol–water partition coefficient (Wildman–Crippen LogP) is 2.22. The second kappa shape index (κ2) is 6.14. The summed E-state index contributed by atoms with van der Waals surface area (Å²) in [6, 6.07) is 9.38. The van der Waals surface area contributed by atoms with Gasteiger partial charge in [-0.1, -0.05) is 18.2 Å². The van der Waals surface area contributed by atoms with Crippen LogP contribution < -0.4 is 11.1 Å². The van der Waals surface area contributed by atoms with Gasteiger partial charge in [-0.15, -0.1) is 0 Å². The third-order valence-corrected chi connectivity index (χ3v) is 2.94. The van der Waals surface area contributed by atoms with Crippen molar-refractivity contribution in [3.63, 3.8) is 0 Å². The number of rotatable bonds is 4. The molecule has 1 unspecified atom stereocenters. The van der Waals surface area contributed by atoms with Crippen molar-refractivity contribution >= 4 is 11.6 Å². The Morgan fingerprint density at radius 1 is 1.35 bits per heavy atom. The molecule has 0 bridgehead atoms. The molecule has 0 spiro atoms. The number of benzene rings is 1. The maximum absolute atomic E-state index is 13.6. The molecule has 5 heteroatoms. The Hall–Kier alpha value is -2.43. The van der Waals surface area contributed by atoms with Gasteiger partial charge in [0, 0.05) is 11.3 Å². The van der Waals surface area contributed by atoms with Gasteiger partial charge >= 0.3 is 0 Å². The maximum Gasteiger partial charge on any atom is 0.226 e. The van der Waals surface area contributed by atoms with Crippen LogP contribution in [-0.2, 0) is 11.2 Å². The van der Waals surface area contributed by atoms with Crippen LogP contribution in [0.15, 0.2) is 42.6 Å². The van der Waals surface area contributed by atoms with Crippen LogP contribution in [-0.4, -0.2) is 10.9 Å². The lowest BCUT2D eigenvalue weighted by Crippen LogP contribution is -2.28. The average Bonchev–Trinajstić information content (AvgIpc) is 2.41. The van der Waals surface area contributed by atoms with Crippen LogP contribution in [0, 0.1) is 5.82 Å². The summed E-state index contributed by atoms with van der Waals surface area (Å²) in [5.74, 6) is -0.538. The van der Waals surface area contributed by atoms with Crippen molar-refractivity contribution in [1.29, 1.82) is 0 Å². The van der Waals surface area contributed by atoms with E-state index in [0.717, 1.165) is 0 Å². The molecular weight excluding hydrogens is 257 g/mol. The predicted molar refractivity (Wildman–Crippen MR) is 75.3 cm³/mol. The highest BCUT2D eigenvalue weighted by atomic mass is 19.1. The second-order valence-corrected chi connectivity index (χ2v) is 4.57. The maximum atomic E-state index is 13.6. The molecule has 0 saturated carbocycles. The fraction of sp³-hybridized carbons (Fsp3) is 0.200. The number of halogens is 1. The third kappa shape index (κ3) is 3.54. The van der Waals surface area contributed by atoms with Crippen LogP contribution in [0.25, 0.3) is 0 Å². The lowest BCUT2D eigenvalue weighted by atomic mass is 10.1. The Kier molecular flexibility index (Phi) is 4.30. The molecule has 1 aromatic carbocycles. The first-order valence-corrected chi connectivity index (χ1v) is 6.30. The zero-order chi connectivity index (χ0) is 14.5. The van der Waals surface area contributed by atoms with Crippen LogP contribution in [0.4, 0.5) is 10.1 Å². The van der Waals surface area contributed by atoms with Gasteiger partial charge in [0.1, 0.15) is 5.82 Å². The minimum Gasteiger partial charge on any atom is -0.397 e. The molecule has 4 nitrogen and oxygen atoms in total. The molecule has 0 saturated heterocycles. The first-order valence-electron chi connectivity index (χ1n) is 6.30. The molecule has 0 aliphatic heterocycles. The first kappa shape index (κ1) is 14.0. The van der Waals surface area contributed by atoms with Crippen molar-refractivity contribution in [2.45, 2.75) is 19.4 Å². The number of amides is 1. The van der Waals surface area contributed by atoms with Crippen molar-refractivity contribution in [2.24, 2.45) is 0 Å². The SMILES string of the molecule is CC(NC(=O)Cc1ccc(N)cn1)c1ccccc1F. The molecule has 1 amide bonds. The van der Waals surface area contributed by atoms with Gasteiger partial charge < -0.3 is 11.1 Å². The van der Waals surface area contributed by atoms with Gasteiger partial charge in [0.15, 0.2) is 0 Å². The first-order chi connectivity index (χ1) is 9.56. The number of nitrogens with zero attached hydrogens (tertiary/aromatic N) is 1. The van der Waals surface area contributed by atoms with E-state index >= 15 is 0 Å². The largest absolute Gasteiger partial charge is 0.397 e. The molecular formula is C15H16FN3O. The number of carbonyl (C=O) groups excluding carboxylic acids is 1. The van der Waals surface area contributed by atoms with Crippen molar-refractivity contribution < 1.29 is 9.18 Å². The van der Waals surface area contributed by atoms with E-state index in [1.165, 1.54) is 12.3 Å². The molecule has 20 heavy (non-hydrogen) atoms. The van der Waals surface area contributed by atoms with Crippen LogP contribution >= 0.6 is 0 Å². The van der Waals surface area contributed by atoms with E-state index in [0.29, 0.717) is 16.9 Å². The number of aromatic nitrogens is 1. The van der Waals surface area contributed by atoms with E-state index in [1.807, 2.05) is 0 Å². The summed E-state index contributed by atoms with van der Waals surface area (Å²) >= 11 is 0. The summed E-state index contributed by atoms with van der Waals surface area (Å²) in [4.78, 5) is 15.9. The van der Waals surface area contributed by atoms with Gasteiger partial charge in [-0.25, -0.2) is 4.39 Å². The minimum absolute atomic E-state index is 0.138. The highest BCUT2D eigenvalue weighted by Gasteiger charge is 2.13. The van der Waals surface area contributed by atoms with E-state index in [2.05, 4.69) is 10.3 Å². The monoisotopic (exact) mass is 273 g/mol. The summed E-state index contributed by atoms with van der Waals surface area (Å²) < 4.78 is 13.6. The zero-order valence-electron chi connectivity index (χ0n) is 11.1. The van der Waals surface area contributed by atoms with Crippen molar-refractivity contribution in [1.82, 2.24) is 10.3 Å². The molecule has 2 aromatic rings. The molecule has 1 atom stereocenters. The summed E-state index contributed by atoms with van der Waals surface area (Å²) in [6.45, 7) is 1.74. The van der Waals surface area contributed by atoms with Crippen LogP contribution in [0.5, 0.6) is 0 Å². The smallest absolute Gasteiger partial charge is 0.226 e. The Labute approximate surface area is 116 Å². The molecule has 3 N–H and O–H groups in total. The van der Waals surface area contributed by atoms with E-state index < -0.39 is 6.04 Å². The molecule has 0 fully saturated rings. The van der Waals surface area contributed by atoms with Crippen LogP contribution in [0.1, 0.15) is 24.2 Å². The number of anilines is 1. The normalized spacial score (nSPS) is 11.9. The summed E-state index contributed by atoms with van der Waals surface area (Å²) in [5.41, 5.74) is 7.16. The van der Waals surface area contributed by atoms with Gasteiger partial charge in [-0.3, -0.25) is 9.78 Å². The lowest BCUT2D eigenvalue weighted by molar-refractivity contribution is -0.121. The molecule has 104 valence electrons. The number of nitrogens with one attached hydrogen (secondary N) is 1. The van der Waals surface area contributed by atoms with Gasteiger partial charge in [-0.2, -0.15) is 0 Å². The number of nitrogens with two attached hydrogens (primary N) is 1. The number of hydrogen-bond acceptors (Lipinski definition) is 3. The van der Waals surface area contributed by atoms with Gasteiger partial charge in [-0.05, 0) is 25.1 Å². The molecule has 0 aliphatic carbocycles. The van der Waals surface area contributed by atoms with E-state index in [1.54, 1.807) is 37.3 Å². The van der Waals surface area contributed by atoms with Crippen molar-refractivity contribution in [3.05, 3.63) is 59.7 Å². The van der Waals surface area contributed by atoms with Gasteiger partial charge in [0.25, 0.3) is 0 Å². The Bertz CT molecular complexity index is 598. The zero-order valence-corrected chi connectivity index (χ0v) is 11.1. The molecule has 0 aliphatic rings. The van der Waals surface area contributed by atoms with Crippen molar-refractivity contribution in [2.75, 3.05) is 5.73 Å². The fourth-order valence-corrected chi connectivity index (χ4v) is 1.90. The van der Waals surface area contributed by atoms with E-state index in [4.69, 9.17) is 5.73 Å². The number of nitrogen functional groups attached to an aromatic ring is 1. The topological polar surface area (TPSA) is 68.0 Å². The number of carbonyl (C=O) groups is 1. The summed E-state index contributed by atoms with van der Waals surface area (Å²) in [7, 11) is 0.